The third kappa shape index (κ3) is 2.85. The summed E-state index contributed by atoms with van der Waals surface area (Å²) in [5.41, 5.74) is 4.46. The van der Waals surface area contributed by atoms with Crippen molar-refractivity contribution >= 4 is 23.2 Å². The van der Waals surface area contributed by atoms with E-state index in [2.05, 4.69) is 89.8 Å². The Bertz CT molecular complexity index is 1260. The molecule has 0 bridgehead atoms. The van der Waals surface area contributed by atoms with Crippen molar-refractivity contribution in [3.05, 3.63) is 132 Å². The van der Waals surface area contributed by atoms with Crippen molar-refractivity contribution in [3.8, 4) is 0 Å². The molecular weight excluding hydrogens is 410 g/mol. The molecule has 4 aromatic carbocycles. The first-order valence-electron chi connectivity index (χ1n) is 11.1. The van der Waals surface area contributed by atoms with E-state index in [0.29, 0.717) is 0 Å². The van der Waals surface area contributed by atoms with Crippen molar-refractivity contribution in [1.29, 1.82) is 0 Å². The maximum atomic E-state index is 14.1. The van der Waals surface area contributed by atoms with Crippen LogP contribution in [-0.4, -0.2) is 5.78 Å². The zero-order chi connectivity index (χ0) is 21.5. The number of carbonyl (C=O) groups is 1. The van der Waals surface area contributed by atoms with Crippen molar-refractivity contribution in [2.45, 2.75) is 22.2 Å². The molecule has 2 nitrogen and oxygen atoms in total. The standard InChI is InChI=1S/C29H23NOS/c31-28(22-14-6-2-7-15-22)24-20-26(21-12-4-1-5-13-21)30-25-18-10-11-19-27(25)32-29(24,30)23-16-8-3-9-17-23/h1-19,24,26H,20H2/t24-,26+,29-/m0/s1. The van der Waals surface area contributed by atoms with Gasteiger partial charge in [0.25, 0.3) is 0 Å². The van der Waals surface area contributed by atoms with E-state index in [9.17, 15) is 4.79 Å². The van der Waals surface area contributed by atoms with Crippen LogP contribution in [0.1, 0.15) is 33.9 Å². The highest BCUT2D eigenvalue weighted by atomic mass is 32.2. The minimum Gasteiger partial charge on any atom is -0.344 e. The van der Waals surface area contributed by atoms with Gasteiger partial charge in [0, 0.05) is 10.5 Å². The molecule has 0 aliphatic carbocycles. The highest BCUT2D eigenvalue weighted by Gasteiger charge is 2.61. The molecule has 0 N–H and O–H groups in total. The minimum absolute atomic E-state index is 0.130. The molecule has 3 atom stereocenters. The topological polar surface area (TPSA) is 20.3 Å². The summed E-state index contributed by atoms with van der Waals surface area (Å²) in [7, 11) is 0. The highest BCUT2D eigenvalue weighted by Crippen LogP contribution is 2.67. The van der Waals surface area contributed by atoms with E-state index < -0.39 is 4.87 Å². The average Bonchev–Trinajstić information content (AvgIpc) is 3.39. The molecule has 2 heterocycles. The Kier molecular flexibility index (Phi) is 4.65. The predicted molar refractivity (Wildman–Crippen MR) is 131 cm³/mol. The molecule has 0 aromatic heterocycles. The van der Waals surface area contributed by atoms with Gasteiger partial charge < -0.3 is 4.90 Å². The molecular formula is C29H23NOS. The number of anilines is 1. The molecule has 6 rings (SSSR count). The molecule has 2 aliphatic heterocycles. The monoisotopic (exact) mass is 433 g/mol. The van der Waals surface area contributed by atoms with Crippen molar-refractivity contribution in [2.75, 3.05) is 4.90 Å². The lowest BCUT2D eigenvalue weighted by Gasteiger charge is -2.39. The van der Waals surface area contributed by atoms with Crippen LogP contribution in [0.5, 0.6) is 0 Å². The van der Waals surface area contributed by atoms with Gasteiger partial charge in [-0.05, 0) is 29.7 Å². The molecule has 0 spiro atoms. The van der Waals surface area contributed by atoms with Gasteiger partial charge in [-0.2, -0.15) is 0 Å². The third-order valence-electron chi connectivity index (χ3n) is 6.74. The number of hydrogen-bond acceptors (Lipinski definition) is 3. The number of ketones is 1. The van der Waals surface area contributed by atoms with Crippen molar-refractivity contribution < 1.29 is 4.79 Å². The normalized spacial score (nSPS) is 23.6. The van der Waals surface area contributed by atoms with Gasteiger partial charge in [0.1, 0.15) is 4.87 Å². The van der Waals surface area contributed by atoms with Crippen LogP contribution in [0.4, 0.5) is 5.69 Å². The largest absolute Gasteiger partial charge is 0.344 e. The summed E-state index contributed by atoms with van der Waals surface area (Å²) in [6.45, 7) is 0. The van der Waals surface area contributed by atoms with Crippen LogP contribution in [0.3, 0.4) is 0 Å². The Balaban J connectivity index is 1.59. The van der Waals surface area contributed by atoms with Crippen molar-refractivity contribution in [2.24, 2.45) is 5.92 Å². The van der Waals surface area contributed by atoms with Gasteiger partial charge in [0.05, 0.1) is 17.6 Å². The average molecular weight is 434 g/mol. The second-order valence-corrected chi connectivity index (χ2v) is 9.71. The van der Waals surface area contributed by atoms with Gasteiger partial charge in [-0.1, -0.05) is 115 Å². The van der Waals surface area contributed by atoms with Gasteiger partial charge >= 0.3 is 0 Å². The summed E-state index contributed by atoms with van der Waals surface area (Å²) in [6.07, 6.45) is 0.786. The lowest BCUT2D eigenvalue weighted by Crippen LogP contribution is -2.42. The van der Waals surface area contributed by atoms with Crippen LogP contribution < -0.4 is 4.90 Å². The second kappa shape index (κ2) is 7.68. The Morgan fingerprint density at radius 3 is 2.06 bits per heavy atom. The SMILES string of the molecule is O=C(c1ccccc1)[C@@H]1C[C@H](c2ccccc2)N2c3ccccc3S[C@@]12c1ccccc1. The minimum atomic E-state index is -0.474. The number of Topliss-reactive ketones (excluding diaryl/α,β-unsaturated/α-hetero) is 1. The fourth-order valence-corrected chi connectivity index (χ4v) is 7.07. The van der Waals surface area contributed by atoms with Crippen LogP contribution in [0.2, 0.25) is 0 Å². The number of thioether (sulfide) groups is 1. The summed E-state index contributed by atoms with van der Waals surface area (Å²) >= 11 is 1.84. The van der Waals surface area contributed by atoms with E-state index in [1.807, 2.05) is 42.1 Å². The molecule has 0 saturated carbocycles. The molecule has 1 fully saturated rings. The highest BCUT2D eigenvalue weighted by molar-refractivity contribution is 8.01. The fraction of sp³-hybridized carbons (Fsp3) is 0.138. The van der Waals surface area contributed by atoms with E-state index in [1.54, 1.807) is 0 Å². The zero-order valence-corrected chi connectivity index (χ0v) is 18.4. The summed E-state index contributed by atoms with van der Waals surface area (Å²) < 4.78 is 0. The van der Waals surface area contributed by atoms with E-state index in [0.717, 1.165) is 12.0 Å². The first kappa shape index (κ1) is 19.4. The van der Waals surface area contributed by atoms with Gasteiger partial charge in [-0.25, -0.2) is 0 Å². The van der Waals surface area contributed by atoms with Crippen LogP contribution in [0, 0.1) is 5.92 Å². The number of benzene rings is 4. The predicted octanol–water partition coefficient (Wildman–Crippen LogP) is 7.10. The van der Waals surface area contributed by atoms with E-state index in [1.165, 1.54) is 21.7 Å². The van der Waals surface area contributed by atoms with Gasteiger partial charge in [-0.3, -0.25) is 4.79 Å². The van der Waals surface area contributed by atoms with Crippen LogP contribution in [0.25, 0.3) is 0 Å². The number of nitrogens with zero attached hydrogens (tertiary/aromatic N) is 1. The first-order valence-corrected chi connectivity index (χ1v) is 11.9. The molecule has 1 saturated heterocycles. The molecule has 32 heavy (non-hydrogen) atoms. The summed E-state index contributed by atoms with van der Waals surface area (Å²) in [5, 5.41) is 0. The third-order valence-corrected chi connectivity index (χ3v) is 8.33. The number of fused-ring (bicyclic) bond motifs is 3. The Labute approximate surface area is 192 Å². The number of rotatable bonds is 4. The molecule has 156 valence electrons. The Morgan fingerprint density at radius 1 is 0.750 bits per heavy atom. The molecule has 0 unspecified atom stereocenters. The quantitative estimate of drug-likeness (QED) is 0.320. The Hall–Kier alpha value is -3.30. The van der Waals surface area contributed by atoms with Crippen LogP contribution in [-0.2, 0) is 4.87 Å². The number of para-hydroxylation sites is 1. The smallest absolute Gasteiger partial charge is 0.169 e. The zero-order valence-electron chi connectivity index (χ0n) is 17.6. The number of carbonyl (C=O) groups excluding carboxylic acids is 1. The molecule has 4 aromatic rings. The van der Waals surface area contributed by atoms with Crippen molar-refractivity contribution in [1.82, 2.24) is 0 Å². The van der Waals surface area contributed by atoms with Crippen LogP contribution in [0.15, 0.2) is 120 Å². The molecule has 2 aliphatic rings. The summed E-state index contributed by atoms with van der Waals surface area (Å²) in [6, 6.07) is 39.8. The van der Waals surface area contributed by atoms with E-state index in [-0.39, 0.29) is 17.7 Å². The van der Waals surface area contributed by atoms with Crippen molar-refractivity contribution in [3.63, 3.8) is 0 Å². The molecule has 3 heteroatoms. The lowest BCUT2D eigenvalue weighted by molar-refractivity contribution is 0.0903. The fourth-order valence-electron chi connectivity index (χ4n) is 5.39. The van der Waals surface area contributed by atoms with E-state index >= 15 is 0 Å². The summed E-state index contributed by atoms with van der Waals surface area (Å²) in [4.78, 5) is 17.4. The van der Waals surface area contributed by atoms with Gasteiger partial charge in [0.2, 0.25) is 0 Å². The first-order chi connectivity index (χ1) is 15.8. The maximum absolute atomic E-state index is 14.1. The van der Waals surface area contributed by atoms with E-state index in [4.69, 9.17) is 0 Å². The second-order valence-electron chi connectivity index (χ2n) is 8.45. The lowest BCUT2D eigenvalue weighted by atomic mass is 9.85. The summed E-state index contributed by atoms with van der Waals surface area (Å²) in [5.74, 6) is 0.0492. The van der Waals surface area contributed by atoms with Gasteiger partial charge in [-0.15, -0.1) is 0 Å². The van der Waals surface area contributed by atoms with Gasteiger partial charge in [0.15, 0.2) is 5.78 Å². The molecule has 0 amide bonds. The Morgan fingerprint density at radius 2 is 1.34 bits per heavy atom. The number of hydrogen-bond donors (Lipinski definition) is 0. The maximum Gasteiger partial charge on any atom is 0.169 e. The molecule has 0 radical (unpaired) electrons. The van der Waals surface area contributed by atoms with Crippen LogP contribution >= 0.6 is 11.8 Å².